The summed E-state index contributed by atoms with van der Waals surface area (Å²) in [6.45, 7) is 2.24. The van der Waals surface area contributed by atoms with Gasteiger partial charge in [0.2, 0.25) is 11.8 Å². The van der Waals surface area contributed by atoms with Gasteiger partial charge >= 0.3 is 0 Å². The molecule has 7 nitrogen and oxygen atoms in total. The van der Waals surface area contributed by atoms with Gasteiger partial charge in [-0.2, -0.15) is 0 Å². The summed E-state index contributed by atoms with van der Waals surface area (Å²) < 4.78 is 2.28. The SMILES string of the molecule is O=C(CN1CCCC1=O)N1CCC2(CC1)CC(C1c3ccccc3-c3cncn31)CC2O. The summed E-state index contributed by atoms with van der Waals surface area (Å²) in [6, 6.07) is 8.78. The van der Waals surface area contributed by atoms with Gasteiger partial charge in [0.1, 0.15) is 0 Å². The van der Waals surface area contributed by atoms with Crippen molar-refractivity contribution in [3.05, 3.63) is 42.4 Å². The number of amides is 2. The van der Waals surface area contributed by atoms with Crippen LogP contribution < -0.4 is 0 Å². The zero-order valence-corrected chi connectivity index (χ0v) is 18.3. The van der Waals surface area contributed by atoms with Crippen LogP contribution in [0.2, 0.25) is 0 Å². The largest absolute Gasteiger partial charge is 0.393 e. The summed E-state index contributed by atoms with van der Waals surface area (Å²) in [5, 5.41) is 11.2. The summed E-state index contributed by atoms with van der Waals surface area (Å²) in [7, 11) is 0. The maximum atomic E-state index is 12.8. The number of piperidine rings is 1. The molecule has 3 fully saturated rings. The van der Waals surface area contributed by atoms with E-state index in [4.69, 9.17) is 0 Å². The van der Waals surface area contributed by atoms with Crippen LogP contribution in [-0.4, -0.2) is 68.6 Å². The van der Waals surface area contributed by atoms with Crippen LogP contribution in [0.3, 0.4) is 0 Å². The zero-order valence-electron chi connectivity index (χ0n) is 18.3. The molecule has 7 heteroatoms. The Balaban J connectivity index is 1.16. The number of hydrogen-bond donors (Lipinski definition) is 1. The fraction of sp³-hybridized carbons (Fsp3) is 0.560. The van der Waals surface area contributed by atoms with Crippen LogP contribution >= 0.6 is 0 Å². The van der Waals surface area contributed by atoms with Gasteiger partial charge in [-0.15, -0.1) is 0 Å². The molecule has 0 radical (unpaired) electrons. The lowest BCUT2D eigenvalue weighted by atomic mass is 9.74. The van der Waals surface area contributed by atoms with E-state index < -0.39 is 0 Å². The first-order valence-corrected chi connectivity index (χ1v) is 11.9. The predicted octanol–water partition coefficient (Wildman–Crippen LogP) is 2.46. The summed E-state index contributed by atoms with van der Waals surface area (Å²) in [5.74, 6) is 0.495. The smallest absolute Gasteiger partial charge is 0.242 e. The molecule has 4 aliphatic rings. The minimum atomic E-state index is -0.343. The van der Waals surface area contributed by atoms with Crippen molar-refractivity contribution in [1.29, 1.82) is 0 Å². The van der Waals surface area contributed by atoms with E-state index in [1.807, 2.05) is 17.4 Å². The molecule has 32 heavy (non-hydrogen) atoms. The molecule has 1 saturated carbocycles. The van der Waals surface area contributed by atoms with E-state index in [0.29, 0.717) is 32.0 Å². The molecule has 3 aliphatic heterocycles. The van der Waals surface area contributed by atoms with Gasteiger partial charge in [-0.05, 0) is 43.6 Å². The van der Waals surface area contributed by atoms with Crippen LogP contribution in [0.4, 0.5) is 0 Å². The molecule has 1 aromatic heterocycles. The topological polar surface area (TPSA) is 78.7 Å². The third-order valence-corrected chi connectivity index (χ3v) is 8.48. The maximum Gasteiger partial charge on any atom is 0.242 e. The van der Waals surface area contributed by atoms with E-state index in [1.165, 1.54) is 11.1 Å². The first-order valence-electron chi connectivity index (χ1n) is 11.9. The highest BCUT2D eigenvalue weighted by atomic mass is 16.3. The molecule has 6 rings (SSSR count). The van der Waals surface area contributed by atoms with Gasteiger partial charge in [-0.1, -0.05) is 24.3 Å². The quantitative estimate of drug-likeness (QED) is 0.805. The third kappa shape index (κ3) is 3.01. The number of carbonyl (C=O) groups excluding carboxylic acids is 2. The Kier molecular flexibility index (Phi) is 4.64. The number of benzene rings is 1. The van der Waals surface area contributed by atoms with Crippen molar-refractivity contribution in [2.45, 2.75) is 50.7 Å². The lowest BCUT2D eigenvalue weighted by Crippen LogP contribution is -2.49. The molecule has 2 amide bonds. The lowest BCUT2D eigenvalue weighted by Gasteiger charge is -2.42. The number of rotatable bonds is 3. The molecule has 1 spiro atoms. The molecule has 168 valence electrons. The molecular formula is C25H30N4O3. The van der Waals surface area contributed by atoms with Crippen LogP contribution in [0.5, 0.6) is 0 Å². The molecule has 3 atom stereocenters. The number of aliphatic hydroxyl groups excluding tert-OH is 1. The van der Waals surface area contributed by atoms with Crippen molar-refractivity contribution >= 4 is 11.8 Å². The monoisotopic (exact) mass is 434 g/mol. The van der Waals surface area contributed by atoms with Crippen molar-refractivity contribution in [2.24, 2.45) is 11.3 Å². The maximum absolute atomic E-state index is 12.8. The Bertz CT molecular complexity index is 1050. The summed E-state index contributed by atoms with van der Waals surface area (Å²) in [6.07, 6.45) is 8.35. The first kappa shape index (κ1) is 20.0. The second kappa shape index (κ2) is 7.44. The zero-order chi connectivity index (χ0) is 21.9. The molecule has 1 aromatic carbocycles. The van der Waals surface area contributed by atoms with Gasteiger partial charge in [0, 0.05) is 37.0 Å². The van der Waals surface area contributed by atoms with Crippen LogP contribution in [0.15, 0.2) is 36.8 Å². The van der Waals surface area contributed by atoms with Gasteiger partial charge in [0.05, 0.1) is 36.9 Å². The summed E-state index contributed by atoms with van der Waals surface area (Å²) in [4.78, 5) is 32.6. The average Bonchev–Trinajstić information content (AvgIpc) is 3.55. The Hall–Kier alpha value is -2.67. The van der Waals surface area contributed by atoms with Gasteiger partial charge in [-0.3, -0.25) is 9.59 Å². The molecule has 2 saturated heterocycles. The average molecular weight is 435 g/mol. The minimum absolute atomic E-state index is 0.0481. The number of aliphatic hydroxyl groups is 1. The highest BCUT2D eigenvalue weighted by Crippen LogP contribution is 2.55. The van der Waals surface area contributed by atoms with Crippen molar-refractivity contribution in [3.63, 3.8) is 0 Å². The Labute approximate surface area is 188 Å². The van der Waals surface area contributed by atoms with Gasteiger partial charge in [0.15, 0.2) is 0 Å². The van der Waals surface area contributed by atoms with Crippen LogP contribution in [0, 0.1) is 11.3 Å². The van der Waals surface area contributed by atoms with Crippen LogP contribution in [0.25, 0.3) is 11.3 Å². The number of imidazole rings is 1. The van der Waals surface area contributed by atoms with E-state index in [0.717, 1.165) is 37.8 Å². The summed E-state index contributed by atoms with van der Waals surface area (Å²) >= 11 is 0. The molecule has 0 bridgehead atoms. The standard InChI is InChI=1S/C25H30N4O3/c30-21-12-17(24-19-5-2-1-4-18(19)20-14-26-16-29(20)24)13-25(21)7-10-27(11-8-25)23(32)15-28-9-3-6-22(28)31/h1-2,4-5,14,16-17,21,24,30H,3,6-13,15H2. The normalized spacial score (nSPS) is 28.4. The number of nitrogens with zero attached hydrogens (tertiary/aromatic N) is 4. The number of hydrogen-bond acceptors (Lipinski definition) is 4. The third-order valence-electron chi connectivity index (χ3n) is 8.48. The second-order valence-electron chi connectivity index (χ2n) is 10.1. The molecular weight excluding hydrogens is 404 g/mol. The Morgan fingerprint density at radius 2 is 2.00 bits per heavy atom. The predicted molar refractivity (Wildman–Crippen MR) is 119 cm³/mol. The second-order valence-corrected chi connectivity index (χ2v) is 10.1. The number of aromatic nitrogens is 2. The van der Waals surface area contributed by atoms with Crippen molar-refractivity contribution in [2.75, 3.05) is 26.2 Å². The Morgan fingerprint density at radius 3 is 2.78 bits per heavy atom. The van der Waals surface area contributed by atoms with Gasteiger partial charge < -0.3 is 19.5 Å². The van der Waals surface area contributed by atoms with Crippen LogP contribution in [0.1, 0.15) is 50.1 Å². The highest BCUT2D eigenvalue weighted by Gasteiger charge is 2.51. The number of likely N-dealkylation sites (tertiary alicyclic amines) is 2. The van der Waals surface area contributed by atoms with E-state index in [-0.39, 0.29) is 35.9 Å². The first-order chi connectivity index (χ1) is 15.6. The van der Waals surface area contributed by atoms with E-state index >= 15 is 0 Å². The van der Waals surface area contributed by atoms with Crippen molar-refractivity contribution in [1.82, 2.24) is 19.4 Å². The molecule has 1 N–H and O–H groups in total. The number of fused-ring (bicyclic) bond motifs is 3. The van der Waals surface area contributed by atoms with Gasteiger partial charge in [0.25, 0.3) is 0 Å². The number of carbonyl (C=O) groups is 2. The van der Waals surface area contributed by atoms with Gasteiger partial charge in [-0.25, -0.2) is 4.98 Å². The fourth-order valence-corrected chi connectivity index (χ4v) is 6.75. The summed E-state index contributed by atoms with van der Waals surface area (Å²) in [5.41, 5.74) is 3.63. The van der Waals surface area contributed by atoms with Crippen molar-refractivity contribution in [3.8, 4) is 11.3 Å². The van der Waals surface area contributed by atoms with E-state index in [9.17, 15) is 14.7 Å². The molecule has 4 heterocycles. The molecule has 3 unspecified atom stereocenters. The Morgan fingerprint density at radius 1 is 1.19 bits per heavy atom. The molecule has 2 aromatic rings. The lowest BCUT2D eigenvalue weighted by molar-refractivity contribution is -0.140. The van der Waals surface area contributed by atoms with Crippen LogP contribution in [-0.2, 0) is 9.59 Å². The molecule has 1 aliphatic carbocycles. The minimum Gasteiger partial charge on any atom is -0.393 e. The van der Waals surface area contributed by atoms with E-state index in [2.05, 4.69) is 33.8 Å². The fourth-order valence-electron chi connectivity index (χ4n) is 6.75. The van der Waals surface area contributed by atoms with Crippen molar-refractivity contribution < 1.29 is 14.7 Å². The van der Waals surface area contributed by atoms with E-state index in [1.54, 1.807) is 4.90 Å². The highest BCUT2D eigenvalue weighted by molar-refractivity contribution is 5.86.